The van der Waals surface area contributed by atoms with Crippen molar-refractivity contribution in [3.05, 3.63) is 23.8 Å². The number of hydrogen-bond acceptors (Lipinski definition) is 3. The Morgan fingerprint density at radius 3 is 2.25 bits per heavy atom. The second kappa shape index (κ2) is 6.95. The summed E-state index contributed by atoms with van der Waals surface area (Å²) < 4.78 is 38.9. The van der Waals surface area contributed by atoms with Crippen molar-refractivity contribution in [2.75, 3.05) is 38.1 Å². The molecule has 0 aromatic heterocycles. The van der Waals surface area contributed by atoms with Crippen molar-refractivity contribution < 1.29 is 13.2 Å². The fourth-order valence-electron chi connectivity index (χ4n) is 2.38. The summed E-state index contributed by atoms with van der Waals surface area (Å²) >= 11 is 0. The van der Waals surface area contributed by atoms with Gasteiger partial charge < -0.3 is 27.0 Å². The molecule has 7 nitrogen and oxygen atoms in total. The second-order valence-corrected chi connectivity index (χ2v) is 5.50. The Morgan fingerprint density at radius 1 is 1.08 bits per heavy atom. The van der Waals surface area contributed by atoms with Crippen LogP contribution in [0, 0.1) is 0 Å². The summed E-state index contributed by atoms with van der Waals surface area (Å²) in [5, 5.41) is 0. The van der Waals surface area contributed by atoms with Crippen LogP contribution in [0.15, 0.2) is 28.2 Å². The zero-order valence-corrected chi connectivity index (χ0v) is 13.2. The van der Waals surface area contributed by atoms with Gasteiger partial charge in [-0.1, -0.05) is 0 Å². The number of hydrogen-bond donors (Lipinski definition) is 3. The van der Waals surface area contributed by atoms with E-state index < -0.39 is 11.7 Å². The number of piperazine rings is 1. The molecule has 1 fully saturated rings. The molecule has 0 bridgehead atoms. The first kappa shape index (κ1) is 17.9. The van der Waals surface area contributed by atoms with Crippen LogP contribution >= 0.6 is 0 Å². The lowest BCUT2D eigenvalue weighted by atomic mass is 10.1. The van der Waals surface area contributed by atoms with Crippen LogP contribution in [-0.2, 0) is 6.18 Å². The molecule has 0 amide bonds. The number of benzene rings is 1. The van der Waals surface area contributed by atoms with Gasteiger partial charge in [0, 0.05) is 26.2 Å². The second-order valence-electron chi connectivity index (χ2n) is 5.50. The number of anilines is 1. The van der Waals surface area contributed by atoms with Gasteiger partial charge in [0.1, 0.15) is 0 Å². The third-order valence-electron chi connectivity index (χ3n) is 3.63. The molecule has 0 unspecified atom stereocenters. The van der Waals surface area contributed by atoms with Crippen molar-refractivity contribution >= 4 is 23.3 Å². The van der Waals surface area contributed by atoms with Gasteiger partial charge in [-0.05, 0) is 25.2 Å². The van der Waals surface area contributed by atoms with Gasteiger partial charge in [-0.3, -0.25) is 0 Å². The molecule has 0 aliphatic carbocycles. The zero-order chi connectivity index (χ0) is 17.9. The molecule has 2 rings (SSSR count). The lowest BCUT2D eigenvalue weighted by Crippen LogP contribution is -2.44. The van der Waals surface area contributed by atoms with Crippen LogP contribution in [0.4, 0.5) is 24.5 Å². The van der Waals surface area contributed by atoms with Gasteiger partial charge in [0.05, 0.1) is 16.9 Å². The minimum absolute atomic E-state index is 0.0804. The summed E-state index contributed by atoms with van der Waals surface area (Å²) in [6, 6.07) is 3.38. The zero-order valence-electron chi connectivity index (χ0n) is 13.2. The normalized spacial score (nSPS) is 17.0. The van der Waals surface area contributed by atoms with Gasteiger partial charge in [0.15, 0.2) is 5.96 Å². The number of aliphatic imine (C=N–C) groups is 2. The molecule has 24 heavy (non-hydrogen) atoms. The standard InChI is InChI=1S/C14H20F3N7/c1-23-4-6-24(7-5-23)11-3-2-9(14(15,16)17)8-10(11)21-13(20)22-12(18)19/h2-3,8H,4-7H2,1H3,(H6,18,19,20,21,22). The average Bonchev–Trinajstić information content (AvgIpc) is 2.46. The van der Waals surface area contributed by atoms with Crippen LogP contribution in [0.2, 0.25) is 0 Å². The van der Waals surface area contributed by atoms with Gasteiger partial charge >= 0.3 is 6.18 Å². The predicted octanol–water partition coefficient (Wildman–Crippen LogP) is 0.677. The molecule has 0 atom stereocenters. The molecule has 1 heterocycles. The Morgan fingerprint density at radius 2 is 1.71 bits per heavy atom. The van der Waals surface area contributed by atoms with Gasteiger partial charge in [0.25, 0.3) is 0 Å². The lowest BCUT2D eigenvalue weighted by Gasteiger charge is -2.34. The number of alkyl halides is 3. The summed E-state index contributed by atoms with van der Waals surface area (Å²) in [5.74, 6) is -0.617. The highest BCUT2D eigenvalue weighted by Gasteiger charge is 2.31. The van der Waals surface area contributed by atoms with E-state index in [1.54, 1.807) is 0 Å². The molecule has 10 heteroatoms. The predicted molar refractivity (Wildman–Crippen MR) is 88.2 cm³/mol. The Labute approximate surface area is 137 Å². The first-order valence-electron chi connectivity index (χ1n) is 7.25. The highest BCUT2D eigenvalue weighted by molar-refractivity contribution is 5.94. The Kier molecular flexibility index (Phi) is 5.17. The number of guanidine groups is 2. The monoisotopic (exact) mass is 343 g/mol. The van der Waals surface area contributed by atoms with Crippen LogP contribution in [0.25, 0.3) is 0 Å². The maximum Gasteiger partial charge on any atom is 0.416 e. The van der Waals surface area contributed by atoms with Crippen molar-refractivity contribution in [3.8, 4) is 0 Å². The van der Waals surface area contributed by atoms with Crippen LogP contribution in [0.3, 0.4) is 0 Å². The number of nitrogens with two attached hydrogens (primary N) is 3. The smallest absolute Gasteiger partial charge is 0.370 e. The summed E-state index contributed by atoms with van der Waals surface area (Å²) in [5.41, 5.74) is 15.8. The van der Waals surface area contributed by atoms with Crippen molar-refractivity contribution in [3.63, 3.8) is 0 Å². The minimum Gasteiger partial charge on any atom is -0.370 e. The number of halogens is 3. The van der Waals surface area contributed by atoms with E-state index in [0.29, 0.717) is 18.8 Å². The Balaban J connectivity index is 2.44. The summed E-state index contributed by atoms with van der Waals surface area (Å²) in [4.78, 5) is 11.6. The van der Waals surface area contributed by atoms with Crippen LogP contribution in [-0.4, -0.2) is 50.0 Å². The van der Waals surface area contributed by atoms with Gasteiger partial charge in [0.2, 0.25) is 5.96 Å². The third kappa shape index (κ3) is 4.51. The molecule has 6 N–H and O–H groups in total. The maximum absolute atomic E-state index is 13.0. The van der Waals surface area contributed by atoms with E-state index in [0.717, 1.165) is 25.2 Å². The van der Waals surface area contributed by atoms with E-state index in [1.165, 1.54) is 6.07 Å². The fraction of sp³-hybridized carbons (Fsp3) is 0.429. The van der Waals surface area contributed by atoms with E-state index in [1.807, 2.05) is 11.9 Å². The largest absolute Gasteiger partial charge is 0.416 e. The average molecular weight is 343 g/mol. The van der Waals surface area contributed by atoms with E-state index in [-0.39, 0.29) is 17.6 Å². The van der Waals surface area contributed by atoms with E-state index in [2.05, 4.69) is 14.9 Å². The summed E-state index contributed by atoms with van der Waals surface area (Å²) in [6.07, 6.45) is -4.48. The third-order valence-corrected chi connectivity index (χ3v) is 3.63. The number of likely N-dealkylation sites (N-methyl/N-ethyl adjacent to an activating group) is 1. The highest BCUT2D eigenvalue weighted by atomic mass is 19.4. The molecule has 1 saturated heterocycles. The molecular formula is C14H20F3N7. The topological polar surface area (TPSA) is 109 Å². The van der Waals surface area contributed by atoms with Crippen molar-refractivity contribution in [1.29, 1.82) is 0 Å². The molecule has 0 radical (unpaired) electrons. The molecule has 1 aromatic carbocycles. The van der Waals surface area contributed by atoms with Crippen molar-refractivity contribution in [2.24, 2.45) is 27.2 Å². The molecule has 1 aromatic rings. The quantitative estimate of drug-likeness (QED) is 0.540. The SMILES string of the molecule is CN1CCN(c2ccc(C(F)(F)F)cc2N=C(N)N=C(N)N)CC1. The number of nitrogens with zero attached hydrogens (tertiary/aromatic N) is 4. The molecule has 1 aliphatic heterocycles. The van der Waals surface area contributed by atoms with Gasteiger partial charge in [-0.15, -0.1) is 0 Å². The van der Waals surface area contributed by atoms with E-state index in [4.69, 9.17) is 17.2 Å². The molecule has 132 valence electrons. The molecule has 0 saturated carbocycles. The Bertz CT molecular complexity index is 642. The van der Waals surface area contributed by atoms with Crippen LogP contribution in [0.5, 0.6) is 0 Å². The Hall–Kier alpha value is -2.49. The minimum atomic E-state index is -4.48. The molecule has 1 aliphatic rings. The van der Waals surface area contributed by atoms with Gasteiger partial charge in [-0.2, -0.15) is 18.2 Å². The maximum atomic E-state index is 13.0. The summed E-state index contributed by atoms with van der Waals surface area (Å²) in [7, 11) is 1.99. The fourth-order valence-corrected chi connectivity index (χ4v) is 2.38. The molecule has 0 spiro atoms. The van der Waals surface area contributed by atoms with Crippen molar-refractivity contribution in [2.45, 2.75) is 6.18 Å². The van der Waals surface area contributed by atoms with Crippen LogP contribution in [0.1, 0.15) is 5.56 Å². The molecular weight excluding hydrogens is 323 g/mol. The number of rotatable bonds is 2. The van der Waals surface area contributed by atoms with Crippen molar-refractivity contribution in [1.82, 2.24) is 4.90 Å². The van der Waals surface area contributed by atoms with Crippen LogP contribution < -0.4 is 22.1 Å². The first-order valence-corrected chi connectivity index (χ1v) is 7.25. The highest BCUT2D eigenvalue weighted by Crippen LogP contribution is 2.37. The lowest BCUT2D eigenvalue weighted by molar-refractivity contribution is -0.137. The van der Waals surface area contributed by atoms with E-state index >= 15 is 0 Å². The van der Waals surface area contributed by atoms with Gasteiger partial charge in [-0.25, -0.2) is 4.99 Å². The van der Waals surface area contributed by atoms with E-state index in [9.17, 15) is 13.2 Å². The summed E-state index contributed by atoms with van der Waals surface area (Å²) in [6.45, 7) is 2.94. The first-order chi connectivity index (χ1) is 11.2.